The SMILES string of the molecule is CCCC(C)C1(C(=O)O)CCC(O)CC1. The van der Waals surface area contributed by atoms with Crippen molar-refractivity contribution in [2.45, 2.75) is 58.5 Å². The second-order valence-corrected chi connectivity index (χ2v) is 4.88. The molecule has 0 spiro atoms. The Morgan fingerprint density at radius 1 is 1.47 bits per heavy atom. The third-order valence-electron chi connectivity index (χ3n) is 3.94. The van der Waals surface area contributed by atoms with Crippen molar-refractivity contribution in [3.63, 3.8) is 0 Å². The zero-order chi connectivity index (χ0) is 11.5. The van der Waals surface area contributed by atoms with Crippen LogP contribution in [0.4, 0.5) is 0 Å². The molecule has 1 aliphatic carbocycles. The van der Waals surface area contributed by atoms with Gasteiger partial charge in [-0.15, -0.1) is 0 Å². The lowest BCUT2D eigenvalue weighted by Gasteiger charge is -2.39. The standard InChI is InChI=1S/C12H22O3/c1-3-4-9(2)12(11(14)15)7-5-10(13)6-8-12/h9-10,13H,3-8H2,1-2H3,(H,14,15). The summed E-state index contributed by atoms with van der Waals surface area (Å²) >= 11 is 0. The molecule has 0 amide bonds. The minimum absolute atomic E-state index is 0.215. The molecule has 3 nitrogen and oxygen atoms in total. The third kappa shape index (κ3) is 2.51. The van der Waals surface area contributed by atoms with E-state index in [-0.39, 0.29) is 12.0 Å². The van der Waals surface area contributed by atoms with Crippen LogP contribution in [0.25, 0.3) is 0 Å². The molecule has 0 aromatic carbocycles. The van der Waals surface area contributed by atoms with Crippen molar-refractivity contribution in [3.05, 3.63) is 0 Å². The minimum Gasteiger partial charge on any atom is -0.481 e. The lowest BCUT2D eigenvalue weighted by atomic mass is 9.64. The Morgan fingerprint density at radius 3 is 2.40 bits per heavy atom. The second kappa shape index (κ2) is 4.97. The first-order valence-corrected chi connectivity index (χ1v) is 5.94. The van der Waals surface area contributed by atoms with Crippen molar-refractivity contribution >= 4 is 5.97 Å². The number of hydrogen-bond acceptors (Lipinski definition) is 2. The topological polar surface area (TPSA) is 57.5 Å². The van der Waals surface area contributed by atoms with Gasteiger partial charge in [0.25, 0.3) is 0 Å². The molecule has 0 bridgehead atoms. The van der Waals surface area contributed by atoms with Crippen LogP contribution in [0.1, 0.15) is 52.4 Å². The third-order valence-corrected chi connectivity index (χ3v) is 3.94. The molecule has 1 unspecified atom stereocenters. The summed E-state index contributed by atoms with van der Waals surface area (Å²) < 4.78 is 0. The van der Waals surface area contributed by atoms with E-state index in [1.54, 1.807) is 0 Å². The van der Waals surface area contributed by atoms with Crippen molar-refractivity contribution in [3.8, 4) is 0 Å². The first-order valence-electron chi connectivity index (χ1n) is 5.94. The van der Waals surface area contributed by atoms with Crippen LogP contribution in [0.3, 0.4) is 0 Å². The van der Waals surface area contributed by atoms with Crippen LogP contribution in [-0.2, 0) is 4.79 Å². The maximum atomic E-state index is 11.4. The van der Waals surface area contributed by atoms with E-state index in [1.165, 1.54) is 0 Å². The van der Waals surface area contributed by atoms with Crippen molar-refractivity contribution in [2.75, 3.05) is 0 Å². The van der Waals surface area contributed by atoms with Crippen LogP contribution in [-0.4, -0.2) is 22.3 Å². The van der Waals surface area contributed by atoms with Crippen LogP contribution >= 0.6 is 0 Å². The molecule has 2 N–H and O–H groups in total. The molecule has 0 aliphatic heterocycles. The van der Waals surface area contributed by atoms with Gasteiger partial charge >= 0.3 is 5.97 Å². The summed E-state index contributed by atoms with van der Waals surface area (Å²) in [5.74, 6) is -0.456. The largest absolute Gasteiger partial charge is 0.481 e. The quantitative estimate of drug-likeness (QED) is 0.755. The maximum absolute atomic E-state index is 11.4. The van der Waals surface area contributed by atoms with Crippen molar-refractivity contribution < 1.29 is 15.0 Å². The van der Waals surface area contributed by atoms with E-state index in [2.05, 4.69) is 6.92 Å². The summed E-state index contributed by atoms with van der Waals surface area (Å²) in [5, 5.41) is 18.8. The first-order chi connectivity index (χ1) is 7.03. The number of carbonyl (C=O) groups is 1. The summed E-state index contributed by atoms with van der Waals surface area (Å²) in [6.45, 7) is 4.12. The van der Waals surface area contributed by atoms with Crippen molar-refractivity contribution in [2.24, 2.45) is 11.3 Å². The maximum Gasteiger partial charge on any atom is 0.309 e. The minimum atomic E-state index is -0.671. The zero-order valence-electron chi connectivity index (χ0n) is 9.70. The number of aliphatic carboxylic acids is 1. The Kier molecular flexibility index (Phi) is 4.14. The van der Waals surface area contributed by atoms with E-state index in [1.807, 2.05) is 6.92 Å². The number of hydrogen-bond donors (Lipinski definition) is 2. The Bertz CT molecular complexity index is 217. The highest BCUT2D eigenvalue weighted by Gasteiger charge is 2.45. The number of aliphatic hydroxyl groups excluding tert-OH is 1. The van der Waals surface area contributed by atoms with Gasteiger partial charge in [-0.3, -0.25) is 4.79 Å². The predicted octanol–water partition coefficient (Wildman–Crippen LogP) is 2.43. The summed E-state index contributed by atoms with van der Waals surface area (Å²) in [5.41, 5.74) is -0.574. The Labute approximate surface area is 91.5 Å². The average molecular weight is 214 g/mol. The Hall–Kier alpha value is -0.570. The van der Waals surface area contributed by atoms with E-state index in [0.717, 1.165) is 12.8 Å². The fourth-order valence-corrected chi connectivity index (χ4v) is 2.74. The van der Waals surface area contributed by atoms with Gasteiger partial charge in [-0.05, 0) is 38.0 Å². The molecule has 1 saturated carbocycles. The van der Waals surface area contributed by atoms with Crippen LogP contribution in [0.15, 0.2) is 0 Å². The predicted molar refractivity (Wildman–Crippen MR) is 58.6 cm³/mol. The molecular weight excluding hydrogens is 192 g/mol. The van der Waals surface area contributed by atoms with Gasteiger partial charge in [0.05, 0.1) is 11.5 Å². The fourth-order valence-electron chi connectivity index (χ4n) is 2.74. The molecule has 0 aromatic heterocycles. The van der Waals surface area contributed by atoms with Crippen LogP contribution in [0, 0.1) is 11.3 Å². The van der Waals surface area contributed by atoms with E-state index in [0.29, 0.717) is 25.7 Å². The number of carboxylic acid groups (broad SMARTS) is 1. The molecule has 1 aliphatic rings. The van der Waals surface area contributed by atoms with Gasteiger partial charge in [0.2, 0.25) is 0 Å². The summed E-state index contributed by atoms with van der Waals surface area (Å²) in [4.78, 5) is 11.4. The highest BCUT2D eigenvalue weighted by atomic mass is 16.4. The molecule has 0 saturated heterocycles. The lowest BCUT2D eigenvalue weighted by molar-refractivity contribution is -0.156. The van der Waals surface area contributed by atoms with Gasteiger partial charge in [-0.25, -0.2) is 0 Å². The number of carboxylic acids is 1. The second-order valence-electron chi connectivity index (χ2n) is 4.88. The number of aliphatic hydroxyl groups is 1. The highest BCUT2D eigenvalue weighted by molar-refractivity contribution is 5.75. The van der Waals surface area contributed by atoms with E-state index in [4.69, 9.17) is 0 Å². The van der Waals surface area contributed by atoms with Crippen molar-refractivity contribution in [1.82, 2.24) is 0 Å². The fraction of sp³-hybridized carbons (Fsp3) is 0.917. The van der Waals surface area contributed by atoms with E-state index in [9.17, 15) is 15.0 Å². The molecule has 15 heavy (non-hydrogen) atoms. The first kappa shape index (κ1) is 12.5. The molecule has 1 atom stereocenters. The summed E-state index contributed by atoms with van der Waals surface area (Å²) in [6.07, 6.45) is 4.24. The van der Waals surface area contributed by atoms with Crippen LogP contribution < -0.4 is 0 Å². The smallest absolute Gasteiger partial charge is 0.309 e. The van der Waals surface area contributed by atoms with E-state index < -0.39 is 11.4 Å². The lowest BCUT2D eigenvalue weighted by Crippen LogP contribution is -2.41. The molecule has 0 heterocycles. The normalized spacial score (nSPS) is 33.7. The summed E-state index contributed by atoms with van der Waals surface area (Å²) in [7, 11) is 0. The van der Waals surface area contributed by atoms with Gasteiger partial charge in [-0.2, -0.15) is 0 Å². The molecular formula is C12H22O3. The van der Waals surface area contributed by atoms with Gasteiger partial charge in [-0.1, -0.05) is 20.3 Å². The Morgan fingerprint density at radius 2 is 2.00 bits per heavy atom. The summed E-state index contributed by atoms with van der Waals surface area (Å²) in [6, 6.07) is 0. The van der Waals surface area contributed by atoms with Crippen LogP contribution in [0.5, 0.6) is 0 Å². The van der Waals surface area contributed by atoms with Gasteiger partial charge in [0.1, 0.15) is 0 Å². The van der Waals surface area contributed by atoms with Gasteiger partial charge in [0.15, 0.2) is 0 Å². The Balaban J connectivity index is 2.75. The molecule has 0 radical (unpaired) electrons. The molecule has 0 aromatic rings. The van der Waals surface area contributed by atoms with Crippen molar-refractivity contribution in [1.29, 1.82) is 0 Å². The van der Waals surface area contributed by atoms with E-state index >= 15 is 0 Å². The molecule has 3 heteroatoms. The monoisotopic (exact) mass is 214 g/mol. The van der Waals surface area contributed by atoms with Gasteiger partial charge < -0.3 is 10.2 Å². The zero-order valence-corrected chi connectivity index (χ0v) is 9.70. The highest BCUT2D eigenvalue weighted by Crippen LogP contribution is 2.44. The van der Waals surface area contributed by atoms with Crippen LogP contribution in [0.2, 0.25) is 0 Å². The van der Waals surface area contributed by atoms with Gasteiger partial charge in [0, 0.05) is 0 Å². The average Bonchev–Trinajstić information content (AvgIpc) is 2.19. The molecule has 88 valence electrons. The molecule has 1 fully saturated rings. The molecule has 1 rings (SSSR count). The number of rotatable bonds is 4.